The first-order valence-corrected chi connectivity index (χ1v) is 7.10. The molecule has 4 N–H and O–H groups in total. The van der Waals surface area contributed by atoms with Crippen LogP contribution in [-0.2, 0) is 14.4 Å². The molecule has 0 aromatic heterocycles. The minimum atomic E-state index is -0.541. The van der Waals surface area contributed by atoms with E-state index in [1.165, 1.54) is 0 Å². The van der Waals surface area contributed by atoms with Crippen molar-refractivity contribution in [2.75, 3.05) is 13.6 Å². The number of carbonyl (C=O) groups excluding carboxylic acids is 3. The maximum Gasteiger partial charge on any atom is 0.246 e. The van der Waals surface area contributed by atoms with Crippen molar-refractivity contribution in [3.05, 3.63) is 0 Å². The molecule has 7 heteroatoms. The molecule has 0 aromatic carbocycles. The van der Waals surface area contributed by atoms with Gasteiger partial charge in [0.15, 0.2) is 0 Å². The highest BCUT2D eigenvalue weighted by molar-refractivity contribution is 5.92. The third-order valence-electron chi connectivity index (χ3n) is 4.09. The van der Waals surface area contributed by atoms with Gasteiger partial charge in [-0.15, -0.1) is 0 Å². The molecule has 0 bridgehead atoms. The van der Waals surface area contributed by atoms with Gasteiger partial charge < -0.3 is 21.3 Å². The van der Waals surface area contributed by atoms with Crippen molar-refractivity contribution in [1.29, 1.82) is 0 Å². The Kier molecular flexibility index (Phi) is 4.59. The van der Waals surface area contributed by atoms with E-state index in [-0.39, 0.29) is 24.4 Å². The summed E-state index contributed by atoms with van der Waals surface area (Å²) in [5.41, 5.74) is 5.38. The summed E-state index contributed by atoms with van der Waals surface area (Å²) in [6.45, 7) is 0.173. The maximum atomic E-state index is 12.6. The van der Waals surface area contributed by atoms with Crippen LogP contribution in [0.2, 0.25) is 0 Å². The number of nitrogens with one attached hydrogen (secondary N) is 2. The van der Waals surface area contributed by atoms with Gasteiger partial charge in [-0.25, -0.2) is 0 Å². The minimum absolute atomic E-state index is 0.0891. The third kappa shape index (κ3) is 2.92. The first-order valence-electron chi connectivity index (χ1n) is 7.10. The van der Waals surface area contributed by atoms with Gasteiger partial charge in [-0.1, -0.05) is 0 Å². The second-order valence-electron chi connectivity index (χ2n) is 5.48. The van der Waals surface area contributed by atoms with Gasteiger partial charge in [0, 0.05) is 6.04 Å². The Bertz CT molecular complexity index is 412. The van der Waals surface area contributed by atoms with Crippen LogP contribution >= 0.6 is 0 Å². The van der Waals surface area contributed by atoms with Crippen LogP contribution in [0, 0.1) is 0 Å². The summed E-state index contributed by atoms with van der Waals surface area (Å²) in [7, 11) is 1.67. The molecule has 0 spiro atoms. The minimum Gasteiger partial charge on any atom is -0.368 e. The largest absolute Gasteiger partial charge is 0.368 e. The Morgan fingerprint density at radius 2 is 2.05 bits per heavy atom. The van der Waals surface area contributed by atoms with Crippen LogP contribution in [0.5, 0.6) is 0 Å². The van der Waals surface area contributed by atoms with Crippen molar-refractivity contribution < 1.29 is 14.4 Å². The van der Waals surface area contributed by atoms with E-state index < -0.39 is 18.0 Å². The highest BCUT2D eigenvalue weighted by atomic mass is 16.2. The highest BCUT2D eigenvalue weighted by Gasteiger charge is 2.43. The van der Waals surface area contributed by atoms with Gasteiger partial charge in [0.1, 0.15) is 12.1 Å². The average Bonchev–Trinajstić information content (AvgIpc) is 2.75. The van der Waals surface area contributed by atoms with Crippen molar-refractivity contribution >= 4 is 17.7 Å². The number of carbonyl (C=O) groups is 3. The van der Waals surface area contributed by atoms with E-state index >= 15 is 0 Å². The van der Waals surface area contributed by atoms with Crippen molar-refractivity contribution in [3.8, 4) is 0 Å². The molecule has 0 radical (unpaired) electrons. The summed E-state index contributed by atoms with van der Waals surface area (Å²) >= 11 is 0. The van der Waals surface area contributed by atoms with Gasteiger partial charge in [0.2, 0.25) is 17.7 Å². The second-order valence-corrected chi connectivity index (χ2v) is 5.48. The Morgan fingerprint density at radius 3 is 2.70 bits per heavy atom. The Morgan fingerprint density at radius 1 is 1.30 bits per heavy atom. The molecule has 0 aliphatic carbocycles. The summed E-state index contributed by atoms with van der Waals surface area (Å²) < 4.78 is 0. The normalized spacial score (nSPS) is 29.8. The predicted molar refractivity (Wildman–Crippen MR) is 72.6 cm³/mol. The number of rotatable bonds is 4. The summed E-state index contributed by atoms with van der Waals surface area (Å²) in [4.78, 5) is 37.3. The lowest BCUT2D eigenvalue weighted by atomic mass is 10.1. The molecular weight excluding hydrogens is 260 g/mol. The second kappa shape index (κ2) is 6.21. The summed E-state index contributed by atoms with van der Waals surface area (Å²) in [6, 6.07) is -0.971. The number of likely N-dealkylation sites (N-methyl/N-ethyl adjacent to an activating group) is 1. The zero-order valence-corrected chi connectivity index (χ0v) is 11.7. The predicted octanol–water partition coefficient (Wildman–Crippen LogP) is -1.28. The van der Waals surface area contributed by atoms with Crippen LogP contribution < -0.4 is 16.4 Å². The molecule has 2 aliphatic rings. The van der Waals surface area contributed by atoms with Gasteiger partial charge in [-0.3, -0.25) is 14.4 Å². The SMILES string of the molecule is CNCC(=O)NC1CCCC2CCC(C(N)=O)N2C1=O. The van der Waals surface area contributed by atoms with Crippen LogP contribution in [0.1, 0.15) is 32.1 Å². The number of hydrogen-bond donors (Lipinski definition) is 3. The fourth-order valence-corrected chi connectivity index (χ4v) is 3.18. The molecule has 2 aliphatic heterocycles. The number of fused-ring (bicyclic) bond motifs is 1. The first-order chi connectivity index (χ1) is 9.54. The molecule has 7 nitrogen and oxygen atoms in total. The number of nitrogens with two attached hydrogens (primary N) is 1. The van der Waals surface area contributed by atoms with Crippen LogP contribution in [0.25, 0.3) is 0 Å². The Hall–Kier alpha value is -1.63. The lowest BCUT2D eigenvalue weighted by Gasteiger charge is -2.29. The molecule has 0 aromatic rings. The lowest BCUT2D eigenvalue weighted by molar-refractivity contribution is -0.141. The lowest BCUT2D eigenvalue weighted by Crippen LogP contribution is -2.54. The molecule has 2 heterocycles. The van der Waals surface area contributed by atoms with Gasteiger partial charge in [0.05, 0.1) is 6.54 Å². The van der Waals surface area contributed by atoms with Crippen LogP contribution in [0.3, 0.4) is 0 Å². The topological polar surface area (TPSA) is 105 Å². The zero-order chi connectivity index (χ0) is 14.7. The van der Waals surface area contributed by atoms with Crippen molar-refractivity contribution in [2.45, 2.75) is 50.2 Å². The number of amides is 3. The fraction of sp³-hybridized carbons (Fsp3) is 0.769. The van der Waals surface area contributed by atoms with Crippen molar-refractivity contribution in [3.63, 3.8) is 0 Å². The van der Waals surface area contributed by atoms with Crippen LogP contribution in [0.4, 0.5) is 0 Å². The van der Waals surface area contributed by atoms with Gasteiger partial charge >= 0.3 is 0 Å². The number of primary amides is 1. The van der Waals surface area contributed by atoms with Gasteiger partial charge in [0.25, 0.3) is 0 Å². The molecule has 0 saturated carbocycles. The number of nitrogens with zero attached hydrogens (tertiary/aromatic N) is 1. The molecule has 3 amide bonds. The number of hydrogen-bond acceptors (Lipinski definition) is 4. The Labute approximate surface area is 118 Å². The Balaban J connectivity index is 2.10. The molecule has 20 heavy (non-hydrogen) atoms. The van der Waals surface area contributed by atoms with E-state index in [2.05, 4.69) is 10.6 Å². The molecule has 3 unspecified atom stereocenters. The van der Waals surface area contributed by atoms with Gasteiger partial charge in [-0.05, 0) is 39.2 Å². The van der Waals surface area contributed by atoms with Crippen LogP contribution in [-0.4, -0.2) is 54.3 Å². The van der Waals surface area contributed by atoms with Gasteiger partial charge in [-0.2, -0.15) is 0 Å². The molecule has 2 rings (SSSR count). The summed E-state index contributed by atoms with van der Waals surface area (Å²) in [6.07, 6.45) is 3.79. The van der Waals surface area contributed by atoms with E-state index in [9.17, 15) is 14.4 Å². The first kappa shape index (κ1) is 14.8. The highest BCUT2D eigenvalue weighted by Crippen LogP contribution is 2.31. The average molecular weight is 282 g/mol. The molecule has 2 fully saturated rings. The third-order valence-corrected chi connectivity index (χ3v) is 4.09. The van der Waals surface area contributed by atoms with E-state index in [0.717, 1.165) is 19.3 Å². The van der Waals surface area contributed by atoms with E-state index in [1.807, 2.05) is 0 Å². The zero-order valence-electron chi connectivity index (χ0n) is 11.7. The molecule has 2 saturated heterocycles. The van der Waals surface area contributed by atoms with Crippen molar-refractivity contribution in [1.82, 2.24) is 15.5 Å². The maximum absolute atomic E-state index is 12.6. The van der Waals surface area contributed by atoms with E-state index in [0.29, 0.717) is 12.8 Å². The molecular formula is C13H22N4O3. The van der Waals surface area contributed by atoms with E-state index in [4.69, 9.17) is 5.73 Å². The molecule has 3 atom stereocenters. The van der Waals surface area contributed by atoms with Crippen LogP contribution in [0.15, 0.2) is 0 Å². The standard InChI is InChI=1S/C13H22N4O3/c1-15-7-11(18)16-9-4-2-3-8-5-6-10(12(14)19)17(8)13(9)20/h8-10,15H,2-7H2,1H3,(H2,14,19)(H,16,18). The monoisotopic (exact) mass is 282 g/mol. The summed E-state index contributed by atoms with van der Waals surface area (Å²) in [5, 5.41) is 5.49. The quantitative estimate of drug-likeness (QED) is 0.597. The molecule has 112 valence electrons. The van der Waals surface area contributed by atoms with E-state index in [1.54, 1.807) is 11.9 Å². The van der Waals surface area contributed by atoms with Crippen molar-refractivity contribution in [2.24, 2.45) is 5.73 Å². The smallest absolute Gasteiger partial charge is 0.246 e. The summed E-state index contributed by atoms with van der Waals surface area (Å²) in [5.74, 6) is -0.833. The fourth-order valence-electron chi connectivity index (χ4n) is 3.18.